The number of carboxylic acid groups (broad SMARTS) is 1. The van der Waals surface area contributed by atoms with Crippen molar-refractivity contribution in [1.82, 2.24) is 14.7 Å². The Kier molecular flexibility index (Phi) is 12.9. The van der Waals surface area contributed by atoms with E-state index in [1.54, 1.807) is 7.11 Å². The average Bonchev–Trinajstić information content (AvgIpc) is 3.35. The summed E-state index contributed by atoms with van der Waals surface area (Å²) in [5.41, 5.74) is 1.77. The molecule has 0 unspecified atom stereocenters. The number of hydrogen-bond acceptors (Lipinski definition) is 7. The van der Waals surface area contributed by atoms with Gasteiger partial charge in [0.05, 0.1) is 38.0 Å². The standard InChI is InChI=1S/C29H39ClN4O4.C2HF3O2/c1-5-38-26-19-23(37-4)10-11-24(26)28-31-25(18-20(2)3)27(21-6-8-22(30)9-7-21)34(28)29(36)33-14-12-32(13-15-33)16-17-35;3-2(4,5)1(6)7/h6-11,19-20,25,27,35H,5,12-18H2,1-4H3;(H,6,7)/t25-,27+;/m1./s1. The molecule has 14 heteroatoms. The van der Waals surface area contributed by atoms with E-state index in [1.807, 2.05) is 59.2 Å². The fourth-order valence-electron chi connectivity index (χ4n) is 5.24. The van der Waals surface area contributed by atoms with Gasteiger partial charge in [-0.1, -0.05) is 37.6 Å². The van der Waals surface area contributed by atoms with Gasteiger partial charge in [0.2, 0.25) is 0 Å². The van der Waals surface area contributed by atoms with Crippen LogP contribution < -0.4 is 9.47 Å². The topological polar surface area (TPSA) is 115 Å². The van der Waals surface area contributed by atoms with Gasteiger partial charge in [0, 0.05) is 43.8 Å². The number of hydrogen-bond donors (Lipinski definition) is 2. The van der Waals surface area contributed by atoms with E-state index in [0.29, 0.717) is 54.5 Å². The van der Waals surface area contributed by atoms with Crippen molar-refractivity contribution < 1.29 is 42.4 Å². The molecular formula is C31H40ClF3N4O6. The number of carbonyl (C=O) groups is 2. The van der Waals surface area contributed by atoms with E-state index >= 15 is 0 Å². The minimum Gasteiger partial charge on any atom is -0.497 e. The second-order valence-corrected chi connectivity index (χ2v) is 11.4. The van der Waals surface area contributed by atoms with Crippen LogP contribution >= 0.6 is 11.6 Å². The van der Waals surface area contributed by atoms with Crippen LogP contribution in [0.5, 0.6) is 11.5 Å². The molecule has 2 aromatic rings. The van der Waals surface area contributed by atoms with Crippen LogP contribution in [0.15, 0.2) is 47.5 Å². The van der Waals surface area contributed by atoms with Gasteiger partial charge in [-0.25, -0.2) is 9.59 Å². The molecule has 0 aromatic heterocycles. The molecular weight excluding hydrogens is 617 g/mol. The minimum absolute atomic E-state index is 0.0723. The number of amides is 2. The van der Waals surface area contributed by atoms with Crippen molar-refractivity contribution in [2.75, 3.05) is 53.0 Å². The van der Waals surface area contributed by atoms with Crippen molar-refractivity contribution in [2.45, 2.75) is 45.5 Å². The Bertz CT molecular complexity index is 1320. The fraction of sp³-hybridized carbons (Fsp3) is 0.516. The monoisotopic (exact) mass is 656 g/mol. The number of aliphatic hydroxyl groups is 1. The van der Waals surface area contributed by atoms with E-state index in [-0.39, 0.29) is 24.7 Å². The van der Waals surface area contributed by atoms with Crippen molar-refractivity contribution >= 4 is 29.4 Å². The molecule has 10 nitrogen and oxygen atoms in total. The average molecular weight is 657 g/mol. The molecule has 0 saturated carbocycles. The van der Waals surface area contributed by atoms with Gasteiger partial charge in [-0.05, 0) is 49.1 Å². The molecule has 2 aliphatic rings. The van der Waals surface area contributed by atoms with E-state index in [9.17, 15) is 23.1 Å². The molecule has 248 valence electrons. The van der Waals surface area contributed by atoms with E-state index in [4.69, 9.17) is 36.0 Å². The first-order chi connectivity index (χ1) is 21.3. The van der Waals surface area contributed by atoms with Crippen molar-refractivity contribution in [3.63, 3.8) is 0 Å². The second-order valence-electron chi connectivity index (χ2n) is 10.9. The number of alkyl halides is 3. The molecule has 0 spiro atoms. The first-order valence-corrected chi connectivity index (χ1v) is 15.0. The number of aliphatic carboxylic acids is 1. The molecule has 1 saturated heterocycles. The molecule has 2 atom stereocenters. The van der Waals surface area contributed by atoms with Crippen LogP contribution in [0, 0.1) is 5.92 Å². The molecule has 1 fully saturated rings. The zero-order valence-electron chi connectivity index (χ0n) is 25.8. The van der Waals surface area contributed by atoms with Gasteiger partial charge in [-0.2, -0.15) is 13.2 Å². The fourth-order valence-corrected chi connectivity index (χ4v) is 5.37. The van der Waals surface area contributed by atoms with Gasteiger partial charge >= 0.3 is 18.2 Å². The smallest absolute Gasteiger partial charge is 0.490 e. The predicted molar refractivity (Wildman–Crippen MR) is 164 cm³/mol. The van der Waals surface area contributed by atoms with E-state index < -0.39 is 12.1 Å². The van der Waals surface area contributed by atoms with Crippen LogP contribution in [0.25, 0.3) is 0 Å². The normalized spacial score (nSPS) is 18.8. The highest BCUT2D eigenvalue weighted by Crippen LogP contribution is 2.40. The zero-order valence-corrected chi connectivity index (χ0v) is 26.5. The lowest BCUT2D eigenvalue weighted by Gasteiger charge is -2.39. The molecule has 4 rings (SSSR count). The maximum Gasteiger partial charge on any atom is 0.490 e. The molecule has 0 bridgehead atoms. The summed E-state index contributed by atoms with van der Waals surface area (Å²) in [6.45, 7) is 10.1. The summed E-state index contributed by atoms with van der Waals surface area (Å²) >= 11 is 6.24. The number of urea groups is 1. The summed E-state index contributed by atoms with van der Waals surface area (Å²) in [5, 5.41) is 17.1. The third-order valence-corrected chi connectivity index (χ3v) is 7.57. The maximum absolute atomic E-state index is 14.3. The summed E-state index contributed by atoms with van der Waals surface area (Å²) in [7, 11) is 1.62. The number of halogens is 4. The Morgan fingerprint density at radius 1 is 1.09 bits per heavy atom. The number of carbonyl (C=O) groups excluding carboxylic acids is 1. The summed E-state index contributed by atoms with van der Waals surface area (Å²) in [5.74, 6) is -0.436. The lowest BCUT2D eigenvalue weighted by Crippen LogP contribution is -2.54. The first kappa shape index (κ1) is 35.9. The number of β-amino-alcohol motifs (C(OH)–C–C–N with tert-alkyl or cyclic N) is 1. The molecule has 0 radical (unpaired) electrons. The minimum atomic E-state index is -5.08. The number of benzene rings is 2. The number of aliphatic hydroxyl groups excluding tert-OH is 1. The van der Waals surface area contributed by atoms with Gasteiger partial charge in [-0.15, -0.1) is 0 Å². The largest absolute Gasteiger partial charge is 0.497 e. The van der Waals surface area contributed by atoms with Gasteiger partial charge in [0.15, 0.2) is 0 Å². The molecule has 0 aliphatic carbocycles. The number of amidine groups is 1. The number of nitrogens with zero attached hydrogens (tertiary/aromatic N) is 4. The second kappa shape index (κ2) is 16.1. The highest BCUT2D eigenvalue weighted by Gasteiger charge is 2.44. The Balaban J connectivity index is 0.000000707. The molecule has 45 heavy (non-hydrogen) atoms. The summed E-state index contributed by atoms with van der Waals surface area (Å²) in [6.07, 6.45) is -4.26. The number of methoxy groups -OCH3 is 1. The van der Waals surface area contributed by atoms with Crippen LogP contribution in [-0.4, -0.2) is 108 Å². The number of rotatable bonds is 9. The van der Waals surface area contributed by atoms with Crippen LogP contribution in [0.4, 0.5) is 18.0 Å². The molecule has 2 amide bonds. The molecule has 2 aliphatic heterocycles. The summed E-state index contributed by atoms with van der Waals surface area (Å²) in [4.78, 5) is 34.4. The highest BCUT2D eigenvalue weighted by molar-refractivity contribution is 6.30. The zero-order chi connectivity index (χ0) is 33.3. The quantitative estimate of drug-likeness (QED) is 0.375. The third kappa shape index (κ3) is 9.47. The first-order valence-electron chi connectivity index (χ1n) is 14.7. The van der Waals surface area contributed by atoms with Crippen LogP contribution in [-0.2, 0) is 4.79 Å². The van der Waals surface area contributed by atoms with E-state index in [0.717, 1.165) is 30.6 Å². The molecule has 2 heterocycles. The molecule has 2 aromatic carbocycles. The Morgan fingerprint density at radius 2 is 1.71 bits per heavy atom. The lowest BCUT2D eigenvalue weighted by molar-refractivity contribution is -0.192. The maximum atomic E-state index is 14.3. The van der Waals surface area contributed by atoms with Gasteiger partial charge in [-0.3, -0.25) is 14.8 Å². The SMILES string of the molecule is CCOc1cc(OC)ccc1C1=N[C@H](CC(C)C)[C@H](c2ccc(Cl)cc2)N1C(=O)N1CCN(CCO)CC1.O=C(O)C(F)(F)F. The van der Waals surface area contributed by atoms with Gasteiger partial charge in [0.25, 0.3) is 0 Å². The van der Waals surface area contributed by atoms with Gasteiger partial charge in [0.1, 0.15) is 17.3 Å². The summed E-state index contributed by atoms with van der Waals surface area (Å²) in [6, 6.07) is 12.9. The van der Waals surface area contributed by atoms with Crippen molar-refractivity contribution in [3.05, 3.63) is 58.6 Å². The van der Waals surface area contributed by atoms with Crippen molar-refractivity contribution in [3.8, 4) is 11.5 Å². The van der Waals surface area contributed by atoms with Crippen LogP contribution in [0.1, 0.15) is 44.4 Å². The van der Waals surface area contributed by atoms with Crippen LogP contribution in [0.3, 0.4) is 0 Å². The van der Waals surface area contributed by atoms with Crippen molar-refractivity contribution in [1.29, 1.82) is 0 Å². The number of aliphatic imine (C=N–C) groups is 1. The Labute approximate surface area is 266 Å². The Hall–Kier alpha value is -3.55. The lowest BCUT2D eigenvalue weighted by atomic mass is 9.93. The third-order valence-electron chi connectivity index (χ3n) is 7.32. The Morgan fingerprint density at radius 3 is 2.22 bits per heavy atom. The summed E-state index contributed by atoms with van der Waals surface area (Å²) < 4.78 is 43.2. The number of piperazine rings is 1. The van der Waals surface area contributed by atoms with Crippen molar-refractivity contribution in [2.24, 2.45) is 10.9 Å². The molecule has 2 N–H and O–H groups in total. The van der Waals surface area contributed by atoms with Gasteiger partial charge < -0.3 is 24.6 Å². The van der Waals surface area contributed by atoms with Crippen LogP contribution in [0.2, 0.25) is 5.02 Å². The number of ether oxygens (including phenoxy) is 2. The highest BCUT2D eigenvalue weighted by atomic mass is 35.5. The number of carboxylic acids is 1. The van der Waals surface area contributed by atoms with E-state index in [2.05, 4.69) is 18.7 Å². The van der Waals surface area contributed by atoms with E-state index in [1.165, 1.54) is 0 Å². The predicted octanol–water partition coefficient (Wildman–Crippen LogP) is 5.33.